The van der Waals surface area contributed by atoms with Gasteiger partial charge in [0.25, 0.3) is 5.69 Å². The average Bonchev–Trinajstić information content (AvgIpc) is 3.27. The lowest BCUT2D eigenvalue weighted by molar-refractivity contribution is -0.384. The van der Waals surface area contributed by atoms with Crippen LogP contribution in [0.1, 0.15) is 25.2 Å². The Kier molecular flexibility index (Phi) is 4.72. The van der Waals surface area contributed by atoms with Crippen LogP contribution < -0.4 is 0 Å². The molecule has 0 N–H and O–H groups in total. The number of allylic oxidation sites excluding steroid dienone is 2. The van der Waals surface area contributed by atoms with Gasteiger partial charge in [0.15, 0.2) is 0 Å². The van der Waals surface area contributed by atoms with Crippen molar-refractivity contribution in [3.63, 3.8) is 0 Å². The van der Waals surface area contributed by atoms with Crippen molar-refractivity contribution in [2.75, 3.05) is 6.54 Å². The van der Waals surface area contributed by atoms with E-state index in [1.807, 2.05) is 12.2 Å². The van der Waals surface area contributed by atoms with Gasteiger partial charge in [0.1, 0.15) is 0 Å². The van der Waals surface area contributed by atoms with Gasteiger partial charge < -0.3 is 4.52 Å². The molecule has 2 heterocycles. The van der Waals surface area contributed by atoms with E-state index in [-0.39, 0.29) is 35.2 Å². The number of hydrogen-bond acceptors (Lipinski definition) is 7. The number of carbonyl (C=O) groups is 2. The molecule has 2 aliphatic rings. The Labute approximate surface area is 160 Å². The van der Waals surface area contributed by atoms with E-state index in [0.29, 0.717) is 43.7 Å². The number of hydrogen-bond donors (Lipinski definition) is 0. The lowest BCUT2D eigenvalue weighted by Gasteiger charge is -2.14. The molecule has 1 aliphatic heterocycles. The van der Waals surface area contributed by atoms with E-state index >= 15 is 0 Å². The summed E-state index contributed by atoms with van der Waals surface area (Å²) in [6.45, 7) is 0.319. The van der Waals surface area contributed by atoms with E-state index in [9.17, 15) is 19.7 Å². The van der Waals surface area contributed by atoms with Crippen LogP contribution in [0, 0.1) is 22.0 Å². The van der Waals surface area contributed by atoms with Crippen molar-refractivity contribution in [1.82, 2.24) is 15.0 Å². The number of carbonyl (C=O) groups excluding carboxylic acids is 2. The van der Waals surface area contributed by atoms with Crippen LogP contribution in [0.3, 0.4) is 0 Å². The second-order valence-electron chi connectivity index (χ2n) is 6.91. The fourth-order valence-electron chi connectivity index (χ4n) is 3.71. The molecule has 0 spiro atoms. The molecule has 2 amide bonds. The Morgan fingerprint density at radius 2 is 1.89 bits per heavy atom. The zero-order valence-corrected chi connectivity index (χ0v) is 15.0. The van der Waals surface area contributed by atoms with Crippen LogP contribution in [0.25, 0.3) is 11.4 Å². The monoisotopic (exact) mass is 382 g/mol. The number of nitro benzene ring substituents is 1. The smallest absolute Gasteiger partial charge is 0.270 e. The maximum absolute atomic E-state index is 12.4. The van der Waals surface area contributed by atoms with Crippen LogP contribution in [0.15, 0.2) is 40.9 Å². The first-order chi connectivity index (χ1) is 13.5. The third kappa shape index (κ3) is 3.30. The number of aryl methyl sites for hydroxylation is 1. The highest BCUT2D eigenvalue weighted by molar-refractivity contribution is 6.05. The second kappa shape index (κ2) is 7.34. The zero-order chi connectivity index (χ0) is 19.7. The average molecular weight is 382 g/mol. The SMILES string of the molecule is O=C1[C@H]2CC=CC[C@@H]2C(=O)N1CCCc1nc(-c2cccc([N+](=O)[O-])c2)no1. The van der Waals surface area contributed by atoms with Gasteiger partial charge in [-0.2, -0.15) is 4.98 Å². The summed E-state index contributed by atoms with van der Waals surface area (Å²) in [7, 11) is 0. The predicted octanol–water partition coefficient (Wildman–Crippen LogP) is 2.53. The van der Waals surface area contributed by atoms with Crippen LogP contribution in [-0.2, 0) is 16.0 Å². The minimum atomic E-state index is -0.484. The van der Waals surface area contributed by atoms with Gasteiger partial charge in [0.05, 0.1) is 16.8 Å². The Morgan fingerprint density at radius 3 is 2.57 bits per heavy atom. The summed E-state index contributed by atoms with van der Waals surface area (Å²) in [5.74, 6) is -0.00381. The van der Waals surface area contributed by atoms with Gasteiger partial charge in [-0.15, -0.1) is 0 Å². The maximum atomic E-state index is 12.4. The lowest BCUT2D eigenvalue weighted by Crippen LogP contribution is -2.32. The Morgan fingerprint density at radius 1 is 1.18 bits per heavy atom. The normalized spacial score (nSPS) is 21.2. The molecule has 9 nitrogen and oxygen atoms in total. The molecule has 9 heteroatoms. The van der Waals surface area contributed by atoms with E-state index in [0.717, 1.165) is 0 Å². The molecule has 0 saturated carbocycles. The quantitative estimate of drug-likeness (QED) is 0.326. The lowest BCUT2D eigenvalue weighted by atomic mass is 9.85. The topological polar surface area (TPSA) is 119 Å². The molecule has 1 aromatic heterocycles. The molecule has 4 rings (SSSR count). The number of likely N-dealkylation sites (tertiary alicyclic amines) is 1. The summed E-state index contributed by atoms with van der Waals surface area (Å²) < 4.78 is 5.20. The molecule has 0 unspecified atom stereocenters. The first-order valence-electron chi connectivity index (χ1n) is 9.12. The predicted molar refractivity (Wildman–Crippen MR) is 96.8 cm³/mol. The molecule has 1 saturated heterocycles. The number of nitrogens with zero attached hydrogens (tertiary/aromatic N) is 4. The molecule has 1 fully saturated rings. The fourth-order valence-corrected chi connectivity index (χ4v) is 3.71. The van der Waals surface area contributed by atoms with E-state index in [1.54, 1.807) is 12.1 Å². The summed E-state index contributed by atoms with van der Waals surface area (Å²) in [6.07, 6.45) is 6.10. The Bertz CT molecular complexity index is 941. The number of benzene rings is 1. The minimum absolute atomic E-state index is 0.0501. The summed E-state index contributed by atoms with van der Waals surface area (Å²) in [5, 5.41) is 14.7. The standard InChI is InChI=1S/C19H18N4O5/c24-18-14-7-1-2-8-15(14)19(25)22(18)10-4-9-16-20-17(21-28-16)12-5-3-6-13(11-12)23(26)27/h1-3,5-6,11,14-15H,4,7-10H2/t14-,15-/m0/s1. The van der Waals surface area contributed by atoms with Crippen LogP contribution in [0.5, 0.6) is 0 Å². The van der Waals surface area contributed by atoms with Gasteiger partial charge in [-0.25, -0.2) is 0 Å². The van der Waals surface area contributed by atoms with Crippen LogP contribution >= 0.6 is 0 Å². The van der Waals surface area contributed by atoms with Gasteiger partial charge >= 0.3 is 0 Å². The molecule has 28 heavy (non-hydrogen) atoms. The molecular weight excluding hydrogens is 364 g/mol. The van der Waals surface area contributed by atoms with Crippen molar-refractivity contribution in [2.24, 2.45) is 11.8 Å². The third-order valence-corrected chi connectivity index (χ3v) is 5.15. The van der Waals surface area contributed by atoms with E-state index < -0.39 is 4.92 Å². The molecule has 2 atom stereocenters. The molecule has 1 aromatic carbocycles. The third-order valence-electron chi connectivity index (χ3n) is 5.15. The van der Waals surface area contributed by atoms with Crippen molar-refractivity contribution in [1.29, 1.82) is 0 Å². The van der Waals surface area contributed by atoms with Gasteiger partial charge in [-0.3, -0.25) is 24.6 Å². The molecule has 144 valence electrons. The van der Waals surface area contributed by atoms with Crippen LogP contribution in [0.4, 0.5) is 5.69 Å². The number of non-ortho nitro benzene ring substituents is 1. The molecule has 2 aromatic rings. The van der Waals surface area contributed by atoms with Crippen LogP contribution in [0.2, 0.25) is 0 Å². The molecule has 1 aliphatic carbocycles. The largest absolute Gasteiger partial charge is 0.339 e. The molecular formula is C19H18N4O5. The summed E-state index contributed by atoms with van der Waals surface area (Å²) >= 11 is 0. The number of fused-ring (bicyclic) bond motifs is 1. The van der Waals surface area contributed by atoms with Crippen molar-refractivity contribution >= 4 is 17.5 Å². The van der Waals surface area contributed by atoms with Gasteiger partial charge in [-0.1, -0.05) is 29.4 Å². The first-order valence-corrected chi connectivity index (χ1v) is 9.12. The summed E-state index contributed by atoms with van der Waals surface area (Å²) in [4.78, 5) is 40.9. The second-order valence-corrected chi connectivity index (χ2v) is 6.91. The van der Waals surface area contributed by atoms with Crippen LogP contribution in [-0.4, -0.2) is 38.3 Å². The first kappa shape index (κ1) is 18.0. The number of imide groups is 1. The summed E-state index contributed by atoms with van der Waals surface area (Å²) in [6, 6.07) is 6.00. The highest BCUT2D eigenvalue weighted by Gasteiger charge is 2.46. The zero-order valence-electron chi connectivity index (χ0n) is 15.0. The molecule has 0 radical (unpaired) electrons. The fraction of sp³-hybridized carbons (Fsp3) is 0.368. The molecule has 0 bridgehead atoms. The van der Waals surface area contributed by atoms with Gasteiger partial charge in [0.2, 0.25) is 23.5 Å². The van der Waals surface area contributed by atoms with E-state index in [2.05, 4.69) is 10.1 Å². The number of amides is 2. The van der Waals surface area contributed by atoms with E-state index in [4.69, 9.17) is 4.52 Å². The maximum Gasteiger partial charge on any atom is 0.270 e. The number of nitro groups is 1. The van der Waals surface area contributed by atoms with Crippen molar-refractivity contribution in [3.05, 3.63) is 52.4 Å². The highest BCUT2D eigenvalue weighted by Crippen LogP contribution is 2.35. The van der Waals surface area contributed by atoms with Crippen molar-refractivity contribution in [2.45, 2.75) is 25.7 Å². The minimum Gasteiger partial charge on any atom is -0.339 e. The highest BCUT2D eigenvalue weighted by atomic mass is 16.6. The van der Waals surface area contributed by atoms with Gasteiger partial charge in [-0.05, 0) is 19.3 Å². The Balaban J connectivity index is 1.37. The summed E-state index contributed by atoms with van der Waals surface area (Å²) in [5.41, 5.74) is 0.441. The number of aromatic nitrogens is 2. The number of rotatable bonds is 6. The van der Waals surface area contributed by atoms with Gasteiger partial charge in [0, 0.05) is 30.7 Å². The van der Waals surface area contributed by atoms with E-state index in [1.165, 1.54) is 17.0 Å². The van der Waals surface area contributed by atoms with Crippen molar-refractivity contribution < 1.29 is 19.0 Å². The van der Waals surface area contributed by atoms with Crippen molar-refractivity contribution in [3.8, 4) is 11.4 Å². The Hall–Kier alpha value is -3.36.